The topological polar surface area (TPSA) is 97.5 Å². The summed E-state index contributed by atoms with van der Waals surface area (Å²) in [5, 5.41) is 26.1. The van der Waals surface area contributed by atoms with Gasteiger partial charge in [0.1, 0.15) is 0 Å². The Bertz CT molecular complexity index is 409. The number of ether oxygens (including phenoxy) is 1. The number of aliphatic hydroxyl groups is 1. The molecule has 0 saturated heterocycles. The third-order valence-corrected chi connectivity index (χ3v) is 2.52. The lowest BCUT2D eigenvalue weighted by atomic mass is 10.1. The molecule has 1 aromatic rings. The summed E-state index contributed by atoms with van der Waals surface area (Å²) in [4.78, 5) is 11.0. The number of carbonyl (C=O) groups is 1. The average Bonchev–Trinajstić information content (AvgIpc) is 2.65. The smallest absolute Gasteiger partial charge is 0.358 e. The average molecular weight is 257 g/mol. The van der Waals surface area contributed by atoms with Crippen LogP contribution in [0.25, 0.3) is 0 Å². The van der Waals surface area contributed by atoms with Gasteiger partial charge in [-0.15, -0.1) is 5.10 Å². The second kappa shape index (κ2) is 5.92. The minimum absolute atomic E-state index is 0.0530. The van der Waals surface area contributed by atoms with Gasteiger partial charge in [-0.3, -0.25) is 0 Å². The van der Waals surface area contributed by atoms with E-state index in [9.17, 15) is 9.90 Å². The van der Waals surface area contributed by atoms with E-state index in [2.05, 4.69) is 10.3 Å². The van der Waals surface area contributed by atoms with Crippen LogP contribution in [0.4, 0.5) is 0 Å². The van der Waals surface area contributed by atoms with Crippen molar-refractivity contribution in [1.82, 2.24) is 15.0 Å². The summed E-state index contributed by atoms with van der Waals surface area (Å²) in [5.74, 6) is -1.10. The molecule has 1 heterocycles. The van der Waals surface area contributed by atoms with Crippen molar-refractivity contribution in [2.24, 2.45) is 0 Å². The minimum Gasteiger partial charge on any atom is -0.476 e. The molecule has 0 amide bonds. The lowest BCUT2D eigenvalue weighted by Crippen LogP contribution is -2.22. The highest BCUT2D eigenvalue weighted by molar-refractivity contribution is 5.86. The highest BCUT2D eigenvalue weighted by Gasteiger charge is 2.20. The Hall–Kier alpha value is -1.47. The van der Waals surface area contributed by atoms with Gasteiger partial charge < -0.3 is 14.9 Å². The number of carboxylic acid groups (broad SMARTS) is 1. The van der Waals surface area contributed by atoms with E-state index in [1.165, 1.54) is 4.68 Å². The van der Waals surface area contributed by atoms with Crippen molar-refractivity contribution >= 4 is 5.97 Å². The maximum atomic E-state index is 11.0. The van der Waals surface area contributed by atoms with Gasteiger partial charge in [-0.25, -0.2) is 9.48 Å². The predicted molar refractivity (Wildman–Crippen MR) is 63.5 cm³/mol. The molecule has 0 aliphatic carbocycles. The Kier molecular flexibility index (Phi) is 4.80. The second-order valence-electron chi connectivity index (χ2n) is 4.72. The van der Waals surface area contributed by atoms with Crippen molar-refractivity contribution in [3.63, 3.8) is 0 Å². The quantitative estimate of drug-likeness (QED) is 0.730. The molecule has 7 nitrogen and oxygen atoms in total. The van der Waals surface area contributed by atoms with Crippen LogP contribution in [0.2, 0.25) is 0 Å². The standard InChI is InChI=1S/C11H19N3O4/c1-11(2,17)5-6-14-8(4-7-18-3)9(10(15)16)12-13-14/h17H,4-7H2,1-3H3,(H,15,16). The van der Waals surface area contributed by atoms with Crippen molar-refractivity contribution in [3.05, 3.63) is 11.4 Å². The molecule has 0 bridgehead atoms. The summed E-state index contributed by atoms with van der Waals surface area (Å²) >= 11 is 0. The molecule has 0 spiro atoms. The molecule has 0 saturated carbocycles. The molecule has 0 atom stereocenters. The minimum atomic E-state index is -1.10. The summed E-state index contributed by atoms with van der Waals surface area (Å²) in [7, 11) is 1.55. The van der Waals surface area contributed by atoms with E-state index < -0.39 is 11.6 Å². The largest absolute Gasteiger partial charge is 0.476 e. The second-order valence-corrected chi connectivity index (χ2v) is 4.72. The molecule has 0 aliphatic rings. The number of methoxy groups -OCH3 is 1. The molecule has 7 heteroatoms. The number of aryl methyl sites for hydroxylation is 1. The van der Waals surface area contributed by atoms with E-state index in [1.807, 2.05) is 0 Å². The number of hydrogen-bond acceptors (Lipinski definition) is 5. The fourth-order valence-electron chi connectivity index (χ4n) is 1.50. The van der Waals surface area contributed by atoms with Gasteiger partial charge in [-0.1, -0.05) is 5.21 Å². The molecular weight excluding hydrogens is 238 g/mol. The van der Waals surface area contributed by atoms with Crippen LogP contribution < -0.4 is 0 Å². The van der Waals surface area contributed by atoms with Crippen molar-refractivity contribution < 1.29 is 19.7 Å². The molecule has 0 fully saturated rings. The zero-order valence-corrected chi connectivity index (χ0v) is 10.9. The van der Waals surface area contributed by atoms with Crippen molar-refractivity contribution in [3.8, 4) is 0 Å². The van der Waals surface area contributed by atoms with Crippen molar-refractivity contribution in [1.29, 1.82) is 0 Å². The van der Waals surface area contributed by atoms with Gasteiger partial charge in [-0.05, 0) is 20.3 Å². The van der Waals surface area contributed by atoms with Crippen LogP contribution in [-0.4, -0.2) is 50.5 Å². The highest BCUT2D eigenvalue weighted by Crippen LogP contribution is 2.12. The van der Waals surface area contributed by atoms with Crippen LogP contribution in [0.15, 0.2) is 0 Å². The number of aromatic nitrogens is 3. The highest BCUT2D eigenvalue weighted by atomic mass is 16.5. The van der Waals surface area contributed by atoms with Crippen LogP contribution in [0.5, 0.6) is 0 Å². The fraction of sp³-hybridized carbons (Fsp3) is 0.727. The first-order chi connectivity index (χ1) is 8.35. The first-order valence-electron chi connectivity index (χ1n) is 5.72. The lowest BCUT2D eigenvalue weighted by molar-refractivity contribution is 0.0645. The van der Waals surface area contributed by atoms with E-state index in [-0.39, 0.29) is 5.69 Å². The molecule has 0 aliphatic heterocycles. The molecule has 102 valence electrons. The van der Waals surface area contributed by atoms with Gasteiger partial charge in [0, 0.05) is 20.1 Å². The van der Waals surface area contributed by atoms with Crippen LogP contribution in [0.3, 0.4) is 0 Å². The predicted octanol–water partition coefficient (Wildman–Crippen LogP) is 0.326. The SMILES string of the molecule is COCCc1c(C(=O)O)nnn1CCC(C)(C)O. The summed E-state index contributed by atoms with van der Waals surface area (Å²) in [6.45, 7) is 4.20. The molecule has 18 heavy (non-hydrogen) atoms. The molecule has 0 unspecified atom stereocenters. The number of hydrogen-bond donors (Lipinski definition) is 2. The third kappa shape index (κ3) is 4.08. The van der Waals surface area contributed by atoms with E-state index in [1.54, 1.807) is 21.0 Å². The molecular formula is C11H19N3O4. The van der Waals surface area contributed by atoms with Crippen LogP contribution >= 0.6 is 0 Å². The Morgan fingerprint density at radius 1 is 1.50 bits per heavy atom. The first kappa shape index (κ1) is 14.6. The van der Waals surface area contributed by atoms with Gasteiger partial charge in [0.2, 0.25) is 0 Å². The van der Waals surface area contributed by atoms with E-state index in [4.69, 9.17) is 9.84 Å². The molecule has 0 aromatic carbocycles. The Morgan fingerprint density at radius 2 is 2.17 bits per heavy atom. The summed E-state index contributed by atoms with van der Waals surface area (Å²) < 4.78 is 6.45. The summed E-state index contributed by atoms with van der Waals surface area (Å²) in [6, 6.07) is 0. The van der Waals surface area contributed by atoms with E-state index in [0.29, 0.717) is 31.7 Å². The number of carboxylic acids is 1. The monoisotopic (exact) mass is 257 g/mol. The van der Waals surface area contributed by atoms with Crippen LogP contribution in [-0.2, 0) is 17.7 Å². The van der Waals surface area contributed by atoms with Crippen LogP contribution in [0, 0.1) is 0 Å². The van der Waals surface area contributed by atoms with E-state index >= 15 is 0 Å². The van der Waals surface area contributed by atoms with Gasteiger partial charge in [0.15, 0.2) is 5.69 Å². The number of aromatic carboxylic acids is 1. The Balaban J connectivity index is 2.86. The first-order valence-corrected chi connectivity index (χ1v) is 5.72. The number of nitrogens with zero attached hydrogens (tertiary/aromatic N) is 3. The third-order valence-electron chi connectivity index (χ3n) is 2.52. The van der Waals surface area contributed by atoms with Gasteiger partial charge in [-0.2, -0.15) is 0 Å². The molecule has 1 rings (SSSR count). The van der Waals surface area contributed by atoms with E-state index in [0.717, 1.165) is 0 Å². The molecule has 1 aromatic heterocycles. The Morgan fingerprint density at radius 3 is 2.67 bits per heavy atom. The zero-order chi connectivity index (χ0) is 13.8. The van der Waals surface area contributed by atoms with Crippen molar-refractivity contribution in [2.75, 3.05) is 13.7 Å². The van der Waals surface area contributed by atoms with Crippen molar-refractivity contribution in [2.45, 2.75) is 38.8 Å². The zero-order valence-electron chi connectivity index (χ0n) is 10.9. The van der Waals surface area contributed by atoms with Gasteiger partial charge in [0.25, 0.3) is 0 Å². The molecule has 0 radical (unpaired) electrons. The maximum absolute atomic E-state index is 11.0. The summed E-state index contributed by atoms with van der Waals surface area (Å²) in [6.07, 6.45) is 0.895. The fourth-order valence-corrected chi connectivity index (χ4v) is 1.50. The van der Waals surface area contributed by atoms with Gasteiger partial charge >= 0.3 is 5.97 Å². The van der Waals surface area contributed by atoms with Gasteiger partial charge in [0.05, 0.1) is 17.9 Å². The lowest BCUT2D eigenvalue weighted by Gasteiger charge is -2.17. The number of rotatable bonds is 7. The van der Waals surface area contributed by atoms with Crippen LogP contribution in [0.1, 0.15) is 36.5 Å². The summed E-state index contributed by atoms with van der Waals surface area (Å²) in [5.41, 5.74) is -0.357. The normalized spacial score (nSPS) is 11.8. The maximum Gasteiger partial charge on any atom is 0.358 e. The molecule has 2 N–H and O–H groups in total. The Labute approximate surface area is 105 Å².